The minimum atomic E-state index is -0.194. The smallest absolute Gasteiger partial charge is 0.251 e. The molecule has 0 aliphatic rings. The zero-order chi connectivity index (χ0) is 17.5. The molecule has 0 aliphatic carbocycles. The minimum absolute atomic E-state index is 0.194. The van der Waals surface area contributed by atoms with E-state index in [0.717, 1.165) is 11.4 Å². The first kappa shape index (κ1) is 16.6. The van der Waals surface area contributed by atoms with Gasteiger partial charge in [-0.15, -0.1) is 0 Å². The van der Waals surface area contributed by atoms with Gasteiger partial charge in [0.05, 0.1) is 25.1 Å². The Morgan fingerprint density at radius 2 is 2.08 bits per heavy atom. The maximum absolute atomic E-state index is 12.3. The van der Waals surface area contributed by atoms with E-state index in [0.29, 0.717) is 30.3 Å². The Bertz CT molecular complexity index is 831. The van der Waals surface area contributed by atoms with E-state index in [1.54, 1.807) is 30.7 Å². The molecule has 0 radical (unpaired) electrons. The summed E-state index contributed by atoms with van der Waals surface area (Å²) >= 11 is 0. The van der Waals surface area contributed by atoms with Crippen molar-refractivity contribution >= 4 is 17.4 Å². The number of amides is 1. The quantitative estimate of drug-likeness (QED) is 0.687. The third-order valence-electron chi connectivity index (χ3n) is 3.48. The third-order valence-corrected chi connectivity index (χ3v) is 3.48. The van der Waals surface area contributed by atoms with Gasteiger partial charge in [0.25, 0.3) is 5.91 Å². The topological polar surface area (TPSA) is 76.4 Å². The summed E-state index contributed by atoms with van der Waals surface area (Å²) in [6.45, 7) is 2.84. The van der Waals surface area contributed by atoms with Crippen LogP contribution in [0.15, 0.2) is 65.4 Å². The number of furan rings is 1. The molecule has 128 valence electrons. The highest BCUT2D eigenvalue weighted by Gasteiger charge is 2.09. The van der Waals surface area contributed by atoms with Crippen molar-refractivity contribution in [3.8, 4) is 5.75 Å². The van der Waals surface area contributed by atoms with Crippen LogP contribution in [-0.4, -0.2) is 17.5 Å². The van der Waals surface area contributed by atoms with E-state index in [4.69, 9.17) is 9.15 Å². The Kier molecular flexibility index (Phi) is 5.31. The van der Waals surface area contributed by atoms with E-state index in [9.17, 15) is 4.79 Å². The Morgan fingerprint density at radius 1 is 1.20 bits per heavy atom. The lowest BCUT2D eigenvalue weighted by molar-refractivity contribution is 0.0948. The fourth-order valence-corrected chi connectivity index (χ4v) is 2.31. The molecule has 1 aromatic carbocycles. The molecular formula is C19H19N3O3. The van der Waals surface area contributed by atoms with E-state index in [1.165, 1.54) is 0 Å². The molecule has 0 unspecified atom stereocenters. The number of anilines is 2. The molecule has 6 nitrogen and oxygen atoms in total. The van der Waals surface area contributed by atoms with Crippen molar-refractivity contribution < 1.29 is 13.9 Å². The number of rotatable bonds is 7. The second kappa shape index (κ2) is 8.01. The Balaban J connectivity index is 1.70. The highest BCUT2D eigenvalue weighted by atomic mass is 16.5. The standard InChI is InChI=1S/C19H19N3O3/c1-2-24-17-8-4-3-7-16(17)22-18-12-14(9-10-20-18)19(23)21-13-15-6-5-11-25-15/h3-12H,2,13H2,1H3,(H,20,22)(H,21,23). The fraction of sp³-hybridized carbons (Fsp3) is 0.158. The average Bonchev–Trinajstić information content (AvgIpc) is 3.15. The number of nitrogens with one attached hydrogen (secondary N) is 2. The molecule has 0 atom stereocenters. The van der Waals surface area contributed by atoms with Crippen molar-refractivity contribution in [2.75, 3.05) is 11.9 Å². The second-order valence-corrected chi connectivity index (χ2v) is 5.25. The summed E-state index contributed by atoms with van der Waals surface area (Å²) in [4.78, 5) is 16.5. The van der Waals surface area contributed by atoms with Gasteiger partial charge in [-0.1, -0.05) is 12.1 Å². The lowest BCUT2D eigenvalue weighted by Crippen LogP contribution is -2.22. The summed E-state index contributed by atoms with van der Waals surface area (Å²) in [5, 5.41) is 6.00. The van der Waals surface area contributed by atoms with E-state index in [-0.39, 0.29) is 5.91 Å². The minimum Gasteiger partial charge on any atom is -0.492 e. The molecule has 0 saturated carbocycles. The number of hydrogen-bond donors (Lipinski definition) is 2. The average molecular weight is 337 g/mol. The number of carbonyl (C=O) groups excluding carboxylic acids is 1. The largest absolute Gasteiger partial charge is 0.492 e. The number of hydrogen-bond acceptors (Lipinski definition) is 5. The van der Waals surface area contributed by atoms with E-state index in [2.05, 4.69) is 15.6 Å². The lowest BCUT2D eigenvalue weighted by Gasteiger charge is -2.12. The summed E-state index contributed by atoms with van der Waals surface area (Å²) in [5.41, 5.74) is 1.31. The first-order valence-corrected chi connectivity index (χ1v) is 8.01. The molecule has 2 aromatic heterocycles. The molecule has 3 rings (SSSR count). The highest BCUT2D eigenvalue weighted by molar-refractivity contribution is 5.94. The number of carbonyl (C=O) groups is 1. The predicted molar refractivity (Wildman–Crippen MR) is 95.0 cm³/mol. The van der Waals surface area contributed by atoms with Gasteiger partial charge >= 0.3 is 0 Å². The summed E-state index contributed by atoms with van der Waals surface area (Å²) < 4.78 is 10.8. The monoisotopic (exact) mass is 337 g/mol. The van der Waals surface area contributed by atoms with E-state index >= 15 is 0 Å². The van der Waals surface area contributed by atoms with Gasteiger partial charge in [-0.25, -0.2) is 4.98 Å². The molecule has 25 heavy (non-hydrogen) atoms. The van der Waals surface area contributed by atoms with Gasteiger partial charge in [-0.2, -0.15) is 0 Å². The number of ether oxygens (including phenoxy) is 1. The molecule has 0 aliphatic heterocycles. The van der Waals surface area contributed by atoms with Crippen LogP contribution in [0, 0.1) is 0 Å². The van der Waals surface area contributed by atoms with Gasteiger partial charge in [0.15, 0.2) is 0 Å². The zero-order valence-corrected chi connectivity index (χ0v) is 13.9. The summed E-state index contributed by atoms with van der Waals surface area (Å²) in [6, 6.07) is 14.5. The number of benzene rings is 1. The predicted octanol–water partition coefficient (Wildman–Crippen LogP) is 3.75. The Morgan fingerprint density at radius 3 is 2.88 bits per heavy atom. The van der Waals surface area contributed by atoms with Gasteiger partial charge < -0.3 is 19.8 Å². The van der Waals surface area contributed by atoms with Crippen molar-refractivity contribution in [1.29, 1.82) is 0 Å². The van der Waals surface area contributed by atoms with Gasteiger partial charge in [-0.05, 0) is 43.3 Å². The van der Waals surface area contributed by atoms with Crippen LogP contribution in [0.5, 0.6) is 5.75 Å². The number of para-hydroxylation sites is 2. The first-order valence-electron chi connectivity index (χ1n) is 8.01. The van der Waals surface area contributed by atoms with Gasteiger partial charge in [0.2, 0.25) is 0 Å². The molecule has 0 saturated heterocycles. The van der Waals surface area contributed by atoms with Crippen molar-refractivity contribution in [2.45, 2.75) is 13.5 Å². The molecule has 6 heteroatoms. The highest BCUT2D eigenvalue weighted by Crippen LogP contribution is 2.26. The van der Waals surface area contributed by atoms with Crippen LogP contribution in [-0.2, 0) is 6.54 Å². The number of pyridine rings is 1. The maximum Gasteiger partial charge on any atom is 0.251 e. The van der Waals surface area contributed by atoms with Crippen LogP contribution < -0.4 is 15.4 Å². The van der Waals surface area contributed by atoms with Crippen LogP contribution in [0.4, 0.5) is 11.5 Å². The van der Waals surface area contributed by atoms with E-state index < -0.39 is 0 Å². The van der Waals surface area contributed by atoms with Gasteiger partial charge in [0, 0.05) is 11.8 Å². The molecule has 1 amide bonds. The summed E-state index contributed by atoms with van der Waals surface area (Å²) in [5.74, 6) is 1.81. The third kappa shape index (κ3) is 4.38. The molecule has 0 fully saturated rings. The molecule has 2 heterocycles. The van der Waals surface area contributed by atoms with Crippen molar-refractivity contribution in [2.24, 2.45) is 0 Å². The fourth-order valence-electron chi connectivity index (χ4n) is 2.31. The summed E-state index contributed by atoms with van der Waals surface area (Å²) in [7, 11) is 0. The molecule has 2 N–H and O–H groups in total. The molecular weight excluding hydrogens is 318 g/mol. The van der Waals surface area contributed by atoms with Crippen LogP contribution in [0.25, 0.3) is 0 Å². The Hall–Kier alpha value is -3.28. The van der Waals surface area contributed by atoms with Gasteiger partial charge in [0.1, 0.15) is 17.3 Å². The molecule has 3 aromatic rings. The van der Waals surface area contributed by atoms with Crippen LogP contribution in [0.2, 0.25) is 0 Å². The second-order valence-electron chi connectivity index (χ2n) is 5.25. The van der Waals surface area contributed by atoms with Gasteiger partial charge in [-0.3, -0.25) is 4.79 Å². The van der Waals surface area contributed by atoms with Crippen molar-refractivity contribution in [3.63, 3.8) is 0 Å². The van der Waals surface area contributed by atoms with Crippen LogP contribution >= 0.6 is 0 Å². The first-order chi connectivity index (χ1) is 12.3. The lowest BCUT2D eigenvalue weighted by atomic mass is 10.2. The molecule has 0 spiro atoms. The normalized spacial score (nSPS) is 10.3. The summed E-state index contributed by atoms with van der Waals surface area (Å²) in [6.07, 6.45) is 3.17. The zero-order valence-electron chi connectivity index (χ0n) is 13.9. The number of aromatic nitrogens is 1. The van der Waals surface area contributed by atoms with Crippen molar-refractivity contribution in [3.05, 3.63) is 72.3 Å². The maximum atomic E-state index is 12.3. The van der Waals surface area contributed by atoms with Crippen LogP contribution in [0.3, 0.4) is 0 Å². The number of nitrogens with zero attached hydrogens (tertiary/aromatic N) is 1. The van der Waals surface area contributed by atoms with Crippen LogP contribution in [0.1, 0.15) is 23.0 Å². The van der Waals surface area contributed by atoms with E-state index in [1.807, 2.05) is 37.3 Å². The Labute approximate surface area is 145 Å². The molecule has 0 bridgehead atoms. The van der Waals surface area contributed by atoms with Crippen molar-refractivity contribution in [1.82, 2.24) is 10.3 Å². The SMILES string of the molecule is CCOc1ccccc1Nc1cc(C(=O)NCc2ccco2)ccn1.